The Bertz CT molecular complexity index is 1740. The van der Waals surface area contributed by atoms with E-state index in [-0.39, 0.29) is 11.3 Å². The summed E-state index contributed by atoms with van der Waals surface area (Å²) in [7, 11) is 0. The Kier molecular flexibility index (Phi) is 6.13. The number of aliphatic hydroxyl groups excluding tert-OH is 1. The van der Waals surface area contributed by atoms with Crippen LogP contribution in [-0.2, 0) is 9.59 Å². The van der Waals surface area contributed by atoms with E-state index in [0.717, 1.165) is 16.3 Å². The van der Waals surface area contributed by atoms with Crippen molar-refractivity contribution >= 4 is 33.9 Å². The third-order valence-electron chi connectivity index (χ3n) is 6.83. The lowest BCUT2D eigenvalue weighted by Gasteiger charge is -2.25. The molecule has 1 saturated heterocycles. The van der Waals surface area contributed by atoms with Gasteiger partial charge in [-0.15, -0.1) is 0 Å². The van der Waals surface area contributed by atoms with Gasteiger partial charge < -0.3 is 9.84 Å². The van der Waals surface area contributed by atoms with E-state index in [9.17, 15) is 14.7 Å². The highest BCUT2D eigenvalue weighted by atomic mass is 16.5. The maximum atomic E-state index is 13.5. The number of ketones is 1. The van der Waals surface area contributed by atoms with E-state index in [1.165, 1.54) is 4.90 Å². The maximum Gasteiger partial charge on any atom is 0.300 e. The van der Waals surface area contributed by atoms with Gasteiger partial charge >= 0.3 is 0 Å². The lowest BCUT2D eigenvalue weighted by Crippen LogP contribution is -2.29. The minimum absolute atomic E-state index is 0.0180. The molecule has 0 bridgehead atoms. The molecule has 6 heteroatoms. The Hall–Kier alpha value is -5.23. The number of aryl methyl sites for hydroxylation is 1. The fourth-order valence-corrected chi connectivity index (χ4v) is 5.02. The second-order valence-corrected chi connectivity index (χ2v) is 9.39. The van der Waals surface area contributed by atoms with E-state index in [1.807, 2.05) is 67.6 Å². The van der Waals surface area contributed by atoms with Crippen LogP contribution in [0.15, 0.2) is 121 Å². The van der Waals surface area contributed by atoms with E-state index in [0.29, 0.717) is 28.3 Å². The van der Waals surface area contributed by atoms with Gasteiger partial charge in [0.05, 0.1) is 11.6 Å². The average molecular weight is 513 g/mol. The van der Waals surface area contributed by atoms with Gasteiger partial charge in [0.2, 0.25) is 0 Å². The zero-order valence-corrected chi connectivity index (χ0v) is 21.1. The molecule has 0 radical (unpaired) electrons. The number of rotatable bonds is 5. The van der Waals surface area contributed by atoms with Crippen molar-refractivity contribution in [1.82, 2.24) is 4.98 Å². The van der Waals surface area contributed by atoms with Crippen molar-refractivity contribution < 1.29 is 19.4 Å². The SMILES string of the molecule is Cc1cccc(Oc2ccc(N3C(=O)C(=O)/C(=C(\O)c4cccc5ccccc45)C3c3cccnc3)cc2)c1. The molecule has 1 aliphatic heterocycles. The molecule has 0 aliphatic carbocycles. The molecule has 1 aromatic heterocycles. The van der Waals surface area contributed by atoms with Crippen LogP contribution in [0.1, 0.15) is 22.7 Å². The normalized spacial score (nSPS) is 16.5. The average Bonchev–Trinajstić information content (AvgIpc) is 3.23. The summed E-state index contributed by atoms with van der Waals surface area (Å²) in [5, 5.41) is 13.3. The Balaban J connectivity index is 1.45. The van der Waals surface area contributed by atoms with Crippen molar-refractivity contribution in [1.29, 1.82) is 0 Å². The van der Waals surface area contributed by atoms with Gasteiger partial charge in [0.1, 0.15) is 17.3 Å². The van der Waals surface area contributed by atoms with Crippen LogP contribution in [0.2, 0.25) is 0 Å². The molecule has 190 valence electrons. The van der Waals surface area contributed by atoms with Gasteiger partial charge in [0, 0.05) is 23.6 Å². The van der Waals surface area contributed by atoms with E-state index in [2.05, 4.69) is 4.98 Å². The molecule has 0 spiro atoms. The van der Waals surface area contributed by atoms with Gasteiger partial charge in [0.15, 0.2) is 0 Å². The molecular weight excluding hydrogens is 488 g/mol. The summed E-state index contributed by atoms with van der Waals surface area (Å²) < 4.78 is 5.96. The molecule has 1 fully saturated rings. The van der Waals surface area contributed by atoms with Crippen LogP contribution >= 0.6 is 0 Å². The highest BCUT2D eigenvalue weighted by Gasteiger charge is 2.47. The van der Waals surface area contributed by atoms with E-state index < -0.39 is 17.7 Å². The second kappa shape index (κ2) is 9.91. The number of benzene rings is 4. The van der Waals surface area contributed by atoms with E-state index in [1.54, 1.807) is 54.9 Å². The molecule has 6 rings (SSSR count). The van der Waals surface area contributed by atoms with Crippen LogP contribution in [0.5, 0.6) is 11.5 Å². The molecule has 1 N–H and O–H groups in total. The highest BCUT2D eigenvalue weighted by molar-refractivity contribution is 6.51. The molecule has 39 heavy (non-hydrogen) atoms. The van der Waals surface area contributed by atoms with Gasteiger partial charge in [0.25, 0.3) is 11.7 Å². The number of pyridine rings is 1. The van der Waals surface area contributed by atoms with Crippen molar-refractivity contribution in [2.45, 2.75) is 13.0 Å². The number of hydrogen-bond donors (Lipinski definition) is 1. The molecule has 4 aromatic carbocycles. The summed E-state index contributed by atoms with van der Waals surface area (Å²) in [4.78, 5) is 32.6. The molecule has 1 atom stereocenters. The third-order valence-corrected chi connectivity index (χ3v) is 6.83. The number of carbonyl (C=O) groups excluding carboxylic acids is 2. The number of aromatic nitrogens is 1. The van der Waals surface area contributed by atoms with Crippen LogP contribution in [-0.4, -0.2) is 21.8 Å². The van der Waals surface area contributed by atoms with Crippen LogP contribution in [0.4, 0.5) is 5.69 Å². The monoisotopic (exact) mass is 512 g/mol. The van der Waals surface area contributed by atoms with Crippen molar-refractivity contribution in [3.8, 4) is 11.5 Å². The highest BCUT2D eigenvalue weighted by Crippen LogP contribution is 2.43. The Labute approximate surface area is 225 Å². The minimum atomic E-state index is -0.860. The van der Waals surface area contributed by atoms with Crippen LogP contribution < -0.4 is 9.64 Å². The van der Waals surface area contributed by atoms with Gasteiger partial charge in [-0.3, -0.25) is 19.5 Å². The Morgan fingerprint density at radius 2 is 1.62 bits per heavy atom. The summed E-state index contributed by atoms with van der Waals surface area (Å²) >= 11 is 0. The predicted molar refractivity (Wildman–Crippen MR) is 151 cm³/mol. The summed E-state index contributed by atoms with van der Waals surface area (Å²) in [6.45, 7) is 1.99. The molecule has 1 amide bonds. The first-order chi connectivity index (χ1) is 19.0. The standard InChI is InChI=1S/C33H24N2O4/c1-21-7-4-11-26(19-21)39-25-16-14-24(15-17-25)35-30(23-10-6-18-34-20-23)29(32(37)33(35)38)31(36)28-13-5-9-22-8-2-3-12-27(22)28/h2-20,30,36H,1H3/b31-29-. The van der Waals surface area contributed by atoms with E-state index in [4.69, 9.17) is 4.74 Å². The van der Waals surface area contributed by atoms with Crippen LogP contribution in [0, 0.1) is 6.92 Å². The first-order valence-electron chi connectivity index (χ1n) is 12.5. The van der Waals surface area contributed by atoms with Gasteiger partial charge in [-0.1, -0.05) is 60.7 Å². The van der Waals surface area contributed by atoms with Crippen LogP contribution in [0.3, 0.4) is 0 Å². The lowest BCUT2D eigenvalue weighted by atomic mass is 9.94. The topological polar surface area (TPSA) is 79.7 Å². The molecule has 6 nitrogen and oxygen atoms in total. The summed E-state index contributed by atoms with van der Waals surface area (Å²) in [6, 6.07) is 30.5. The summed E-state index contributed by atoms with van der Waals surface area (Å²) in [6.07, 6.45) is 3.23. The third kappa shape index (κ3) is 4.42. The predicted octanol–water partition coefficient (Wildman–Crippen LogP) is 6.96. The number of fused-ring (bicyclic) bond motifs is 1. The molecule has 0 saturated carbocycles. The minimum Gasteiger partial charge on any atom is -0.507 e. The zero-order valence-electron chi connectivity index (χ0n) is 21.1. The quantitative estimate of drug-likeness (QED) is 0.156. The molecule has 1 aliphatic rings. The fraction of sp³-hybridized carbons (Fsp3) is 0.0606. The number of hydrogen-bond acceptors (Lipinski definition) is 5. The second-order valence-electron chi connectivity index (χ2n) is 9.39. The number of ether oxygens (including phenoxy) is 1. The van der Waals surface area contributed by atoms with Crippen molar-refractivity contribution in [2.24, 2.45) is 0 Å². The summed E-state index contributed by atoms with van der Waals surface area (Å²) in [5.74, 6) is -0.406. The fourth-order valence-electron chi connectivity index (χ4n) is 5.02. The maximum absolute atomic E-state index is 13.5. The Morgan fingerprint density at radius 3 is 2.38 bits per heavy atom. The van der Waals surface area contributed by atoms with Gasteiger partial charge in [-0.25, -0.2) is 0 Å². The van der Waals surface area contributed by atoms with Gasteiger partial charge in [-0.05, 0) is 71.3 Å². The van der Waals surface area contributed by atoms with Crippen molar-refractivity contribution in [2.75, 3.05) is 4.90 Å². The first-order valence-corrected chi connectivity index (χ1v) is 12.5. The zero-order chi connectivity index (χ0) is 26.9. The lowest BCUT2D eigenvalue weighted by molar-refractivity contribution is -0.132. The largest absolute Gasteiger partial charge is 0.507 e. The molecule has 1 unspecified atom stereocenters. The molecule has 2 heterocycles. The molecular formula is C33H24N2O4. The Morgan fingerprint density at radius 1 is 0.846 bits per heavy atom. The van der Waals surface area contributed by atoms with E-state index >= 15 is 0 Å². The van der Waals surface area contributed by atoms with Crippen molar-refractivity contribution in [3.63, 3.8) is 0 Å². The number of carbonyl (C=O) groups is 2. The van der Waals surface area contributed by atoms with Crippen molar-refractivity contribution in [3.05, 3.63) is 138 Å². The number of nitrogens with zero attached hydrogens (tertiary/aromatic N) is 2. The summed E-state index contributed by atoms with van der Waals surface area (Å²) in [5.41, 5.74) is 2.69. The number of Topliss-reactive ketones (excluding diaryl/α,β-unsaturated/α-hetero) is 1. The first kappa shape index (κ1) is 24.1. The van der Waals surface area contributed by atoms with Gasteiger partial charge in [-0.2, -0.15) is 0 Å². The number of anilines is 1. The number of aliphatic hydroxyl groups is 1. The van der Waals surface area contributed by atoms with Crippen LogP contribution in [0.25, 0.3) is 16.5 Å². The molecule has 5 aromatic rings. The smallest absolute Gasteiger partial charge is 0.300 e. The number of amides is 1.